The lowest BCUT2D eigenvalue weighted by atomic mass is 9.79. The van der Waals surface area contributed by atoms with Crippen molar-refractivity contribution in [3.05, 3.63) is 29.8 Å². The van der Waals surface area contributed by atoms with Crippen LogP contribution in [0.4, 0.5) is 5.69 Å². The van der Waals surface area contributed by atoms with E-state index < -0.39 is 0 Å². The molecule has 1 heterocycles. The van der Waals surface area contributed by atoms with Crippen molar-refractivity contribution >= 4 is 5.69 Å². The number of aliphatic hydroxyl groups excluding tert-OH is 1. The first-order chi connectivity index (χ1) is 6.98. The van der Waals surface area contributed by atoms with Gasteiger partial charge in [-0.25, -0.2) is 0 Å². The van der Waals surface area contributed by atoms with Crippen LogP contribution < -0.4 is 5.32 Å². The zero-order valence-electron chi connectivity index (χ0n) is 9.62. The molecule has 0 unspecified atom stereocenters. The van der Waals surface area contributed by atoms with E-state index in [2.05, 4.69) is 38.2 Å². The third-order valence-corrected chi connectivity index (χ3v) is 3.08. The maximum atomic E-state index is 10.1. The van der Waals surface area contributed by atoms with Crippen molar-refractivity contribution in [3.8, 4) is 0 Å². The highest BCUT2D eigenvalue weighted by molar-refractivity contribution is 5.54. The fraction of sp³-hybridized carbons (Fsp3) is 0.538. The van der Waals surface area contributed by atoms with E-state index in [1.54, 1.807) is 0 Å². The van der Waals surface area contributed by atoms with E-state index in [1.165, 1.54) is 11.3 Å². The number of para-hydroxylation sites is 1. The molecule has 0 amide bonds. The Hall–Kier alpha value is -1.02. The molecule has 2 heteroatoms. The highest BCUT2D eigenvalue weighted by Gasteiger charge is 2.34. The van der Waals surface area contributed by atoms with Gasteiger partial charge in [0.25, 0.3) is 0 Å². The van der Waals surface area contributed by atoms with Crippen LogP contribution in [0.3, 0.4) is 0 Å². The first-order valence-corrected chi connectivity index (χ1v) is 5.51. The minimum absolute atomic E-state index is 0.0763. The molecule has 2 atom stereocenters. The predicted molar refractivity (Wildman–Crippen MR) is 63.0 cm³/mol. The lowest BCUT2D eigenvalue weighted by molar-refractivity contribution is 0.0987. The third kappa shape index (κ3) is 2.00. The van der Waals surface area contributed by atoms with Crippen molar-refractivity contribution < 1.29 is 5.11 Å². The molecule has 0 saturated carbocycles. The molecule has 1 aliphatic heterocycles. The number of anilines is 1. The van der Waals surface area contributed by atoms with Crippen molar-refractivity contribution in [3.63, 3.8) is 0 Å². The van der Waals surface area contributed by atoms with Crippen LogP contribution in [0.1, 0.15) is 26.3 Å². The second-order valence-electron chi connectivity index (χ2n) is 5.42. The van der Waals surface area contributed by atoms with Crippen molar-refractivity contribution in [1.29, 1.82) is 0 Å². The summed E-state index contributed by atoms with van der Waals surface area (Å²) in [5.41, 5.74) is 2.46. The van der Waals surface area contributed by atoms with Gasteiger partial charge in [0.1, 0.15) is 0 Å². The molecule has 1 aliphatic rings. The van der Waals surface area contributed by atoms with Crippen molar-refractivity contribution in [2.24, 2.45) is 5.41 Å². The Morgan fingerprint density at radius 1 is 1.27 bits per heavy atom. The summed E-state index contributed by atoms with van der Waals surface area (Å²) in [6.45, 7) is 6.46. The van der Waals surface area contributed by atoms with E-state index in [0.717, 1.165) is 6.42 Å². The average Bonchev–Trinajstić information content (AvgIpc) is 2.15. The van der Waals surface area contributed by atoms with Crippen LogP contribution in [-0.2, 0) is 6.42 Å². The summed E-state index contributed by atoms with van der Waals surface area (Å²) in [5, 5.41) is 13.5. The molecule has 0 aromatic heterocycles. The summed E-state index contributed by atoms with van der Waals surface area (Å²) in [6, 6.07) is 8.34. The highest BCUT2D eigenvalue weighted by atomic mass is 16.3. The van der Waals surface area contributed by atoms with Gasteiger partial charge in [-0.3, -0.25) is 0 Å². The second-order valence-corrected chi connectivity index (χ2v) is 5.42. The van der Waals surface area contributed by atoms with Gasteiger partial charge in [-0.2, -0.15) is 0 Å². The van der Waals surface area contributed by atoms with Crippen molar-refractivity contribution in [1.82, 2.24) is 0 Å². The predicted octanol–water partition coefficient (Wildman–Crippen LogP) is 2.43. The first-order valence-electron chi connectivity index (χ1n) is 5.51. The SMILES string of the molecule is CC(C)(C)[C@H]1Nc2ccccc2C[C@H]1O. The lowest BCUT2D eigenvalue weighted by Gasteiger charge is -2.40. The Kier molecular flexibility index (Phi) is 2.47. The smallest absolute Gasteiger partial charge is 0.0787 e. The normalized spacial score (nSPS) is 25.6. The quantitative estimate of drug-likeness (QED) is 0.682. The fourth-order valence-corrected chi connectivity index (χ4v) is 2.24. The molecule has 0 saturated heterocycles. The number of aliphatic hydroxyl groups is 1. The van der Waals surface area contributed by atoms with Crippen molar-refractivity contribution in [2.45, 2.75) is 39.3 Å². The molecule has 1 aromatic carbocycles. The van der Waals surface area contributed by atoms with E-state index in [1.807, 2.05) is 12.1 Å². The Bertz CT molecular complexity index is 354. The zero-order valence-corrected chi connectivity index (χ0v) is 9.62. The fourth-order valence-electron chi connectivity index (χ4n) is 2.24. The molecule has 0 aliphatic carbocycles. The van der Waals surface area contributed by atoms with Crippen LogP contribution in [0.15, 0.2) is 24.3 Å². The van der Waals surface area contributed by atoms with E-state index in [4.69, 9.17) is 0 Å². The molecular weight excluding hydrogens is 186 g/mol. The second kappa shape index (κ2) is 3.53. The molecule has 2 nitrogen and oxygen atoms in total. The number of fused-ring (bicyclic) bond motifs is 1. The van der Waals surface area contributed by atoms with Crippen molar-refractivity contribution in [2.75, 3.05) is 5.32 Å². The van der Waals surface area contributed by atoms with Gasteiger partial charge in [0, 0.05) is 12.1 Å². The Morgan fingerprint density at radius 3 is 2.60 bits per heavy atom. The van der Waals surface area contributed by atoms with Crippen LogP contribution in [0.5, 0.6) is 0 Å². The monoisotopic (exact) mass is 205 g/mol. The molecule has 0 bridgehead atoms. The standard InChI is InChI=1S/C13H19NO/c1-13(2,3)12-11(15)8-9-6-4-5-7-10(9)14-12/h4-7,11-12,14-15H,8H2,1-3H3/t11-,12+/m1/s1. The molecule has 0 spiro atoms. The maximum absolute atomic E-state index is 10.1. The van der Waals surface area contributed by atoms with Gasteiger partial charge in [-0.15, -0.1) is 0 Å². The lowest BCUT2D eigenvalue weighted by Crippen LogP contribution is -2.47. The number of hydrogen-bond acceptors (Lipinski definition) is 2. The number of hydrogen-bond donors (Lipinski definition) is 2. The molecule has 15 heavy (non-hydrogen) atoms. The van der Waals surface area contributed by atoms with Gasteiger partial charge in [0.15, 0.2) is 0 Å². The van der Waals surface area contributed by atoms with Crippen LogP contribution in [0, 0.1) is 5.41 Å². The topological polar surface area (TPSA) is 32.3 Å². The molecule has 2 N–H and O–H groups in total. The Balaban J connectivity index is 2.30. The van der Waals surface area contributed by atoms with Crippen LogP contribution in [-0.4, -0.2) is 17.3 Å². The summed E-state index contributed by atoms with van der Waals surface area (Å²) in [6.07, 6.45) is 0.463. The summed E-state index contributed by atoms with van der Waals surface area (Å²) >= 11 is 0. The minimum Gasteiger partial charge on any atom is -0.391 e. The van der Waals surface area contributed by atoms with Crippen LogP contribution in [0.25, 0.3) is 0 Å². The third-order valence-electron chi connectivity index (χ3n) is 3.08. The largest absolute Gasteiger partial charge is 0.391 e. The summed E-state index contributed by atoms with van der Waals surface area (Å²) in [5.74, 6) is 0. The molecule has 1 aromatic rings. The molecule has 0 radical (unpaired) electrons. The van der Waals surface area contributed by atoms with Gasteiger partial charge >= 0.3 is 0 Å². The number of rotatable bonds is 0. The average molecular weight is 205 g/mol. The molecule has 82 valence electrons. The Labute approximate surface area is 91.3 Å². The van der Waals surface area contributed by atoms with E-state index in [9.17, 15) is 5.11 Å². The molecule has 0 fully saturated rings. The van der Waals surface area contributed by atoms with E-state index in [-0.39, 0.29) is 17.6 Å². The first kappa shape index (κ1) is 10.5. The van der Waals surface area contributed by atoms with Gasteiger partial charge < -0.3 is 10.4 Å². The highest BCUT2D eigenvalue weighted by Crippen LogP contribution is 2.32. The van der Waals surface area contributed by atoms with Crippen LogP contribution in [0.2, 0.25) is 0 Å². The maximum Gasteiger partial charge on any atom is 0.0787 e. The van der Waals surface area contributed by atoms with Crippen LogP contribution >= 0.6 is 0 Å². The molecule has 2 rings (SSSR count). The summed E-state index contributed by atoms with van der Waals surface area (Å²) in [4.78, 5) is 0. The van der Waals surface area contributed by atoms with E-state index in [0.29, 0.717) is 0 Å². The van der Waals surface area contributed by atoms with Gasteiger partial charge in [-0.05, 0) is 17.0 Å². The zero-order chi connectivity index (χ0) is 11.1. The minimum atomic E-state index is -0.292. The van der Waals surface area contributed by atoms with E-state index >= 15 is 0 Å². The Morgan fingerprint density at radius 2 is 1.93 bits per heavy atom. The summed E-state index contributed by atoms with van der Waals surface area (Å²) in [7, 11) is 0. The van der Waals surface area contributed by atoms with Gasteiger partial charge in [0.2, 0.25) is 0 Å². The number of benzene rings is 1. The van der Waals surface area contributed by atoms with Gasteiger partial charge in [-0.1, -0.05) is 39.0 Å². The van der Waals surface area contributed by atoms with Gasteiger partial charge in [0.05, 0.1) is 12.1 Å². The number of nitrogens with one attached hydrogen (secondary N) is 1. The summed E-state index contributed by atoms with van der Waals surface area (Å²) < 4.78 is 0. The molecular formula is C13H19NO.